The van der Waals surface area contributed by atoms with E-state index in [1.165, 1.54) is 0 Å². The molecule has 0 amide bonds. The van der Waals surface area contributed by atoms with E-state index >= 15 is 0 Å². The molecular weight excluding hydrogens is 236 g/mol. The van der Waals surface area contributed by atoms with Crippen LogP contribution in [0.4, 0.5) is 4.39 Å². The van der Waals surface area contributed by atoms with Crippen molar-refractivity contribution in [3.63, 3.8) is 0 Å². The summed E-state index contributed by atoms with van der Waals surface area (Å²) < 4.78 is 24.6. The number of halogens is 1. The molecule has 0 aliphatic carbocycles. The van der Waals surface area contributed by atoms with E-state index in [1.54, 1.807) is 0 Å². The van der Waals surface area contributed by atoms with E-state index in [-0.39, 0.29) is 5.56 Å². The Bertz CT molecular complexity index is 474. The zero-order valence-electron chi connectivity index (χ0n) is 10.9. The first-order valence-corrected chi connectivity index (χ1v) is 5.73. The Hall–Kier alpha value is -1.27. The number of nitrogens with zero attached hydrogens (tertiary/aromatic N) is 1. The maximum Gasteiger partial charge on any atom is 0.515 e. The van der Waals surface area contributed by atoms with E-state index in [0.717, 1.165) is 12.3 Å². The van der Waals surface area contributed by atoms with Crippen LogP contribution in [-0.4, -0.2) is 29.6 Å². The number of aldehydes is 1. The maximum absolute atomic E-state index is 13.0. The van der Waals surface area contributed by atoms with Crippen molar-refractivity contribution < 1.29 is 18.5 Å². The van der Waals surface area contributed by atoms with Crippen LogP contribution in [0.2, 0.25) is 0 Å². The highest BCUT2D eigenvalue weighted by Gasteiger charge is 2.52. The third-order valence-corrected chi connectivity index (χ3v) is 3.52. The van der Waals surface area contributed by atoms with Crippen LogP contribution in [0, 0.1) is 5.82 Å². The summed E-state index contributed by atoms with van der Waals surface area (Å²) in [5.74, 6) is -0.558. The van der Waals surface area contributed by atoms with Gasteiger partial charge in [0.25, 0.3) is 0 Å². The van der Waals surface area contributed by atoms with Crippen molar-refractivity contribution in [2.75, 3.05) is 0 Å². The molecule has 1 fully saturated rings. The van der Waals surface area contributed by atoms with Crippen molar-refractivity contribution in [3.05, 3.63) is 23.6 Å². The third-order valence-electron chi connectivity index (χ3n) is 3.52. The lowest BCUT2D eigenvalue weighted by atomic mass is 9.81. The summed E-state index contributed by atoms with van der Waals surface area (Å²) in [6.07, 6.45) is 1.60. The molecule has 2 heterocycles. The van der Waals surface area contributed by atoms with Crippen LogP contribution in [0.15, 0.2) is 12.3 Å². The van der Waals surface area contributed by atoms with Gasteiger partial charge in [-0.05, 0) is 33.8 Å². The monoisotopic (exact) mass is 251 g/mol. The number of carbonyl (C=O) groups excluding carboxylic acids is 1. The van der Waals surface area contributed by atoms with Gasteiger partial charge >= 0.3 is 7.12 Å². The highest BCUT2D eigenvalue weighted by atomic mass is 19.1. The SMILES string of the molecule is CC1(C)OB(c2ncc(F)cc2C=O)OC1(C)C. The Kier molecular flexibility index (Phi) is 3.03. The van der Waals surface area contributed by atoms with Gasteiger partial charge in [-0.15, -0.1) is 0 Å². The van der Waals surface area contributed by atoms with Crippen LogP contribution in [0.1, 0.15) is 38.1 Å². The van der Waals surface area contributed by atoms with Gasteiger partial charge in [-0.25, -0.2) is 4.39 Å². The van der Waals surface area contributed by atoms with Crippen LogP contribution in [0.25, 0.3) is 0 Å². The molecule has 2 rings (SSSR count). The lowest BCUT2D eigenvalue weighted by Crippen LogP contribution is -2.41. The van der Waals surface area contributed by atoms with Crippen LogP contribution in [-0.2, 0) is 9.31 Å². The lowest BCUT2D eigenvalue weighted by molar-refractivity contribution is 0.00578. The smallest absolute Gasteiger partial charge is 0.398 e. The molecule has 18 heavy (non-hydrogen) atoms. The second-order valence-electron chi connectivity index (χ2n) is 5.33. The molecule has 1 aliphatic rings. The molecule has 0 aromatic carbocycles. The summed E-state index contributed by atoms with van der Waals surface area (Å²) in [4.78, 5) is 14.8. The molecule has 4 nitrogen and oxygen atoms in total. The van der Waals surface area contributed by atoms with Crippen LogP contribution in [0.5, 0.6) is 0 Å². The second kappa shape index (κ2) is 4.14. The van der Waals surface area contributed by atoms with Crippen molar-refractivity contribution in [1.82, 2.24) is 4.98 Å². The zero-order valence-corrected chi connectivity index (χ0v) is 10.9. The summed E-state index contributed by atoms with van der Waals surface area (Å²) >= 11 is 0. The minimum Gasteiger partial charge on any atom is -0.398 e. The summed E-state index contributed by atoms with van der Waals surface area (Å²) in [7, 11) is -0.754. The minimum absolute atomic E-state index is 0.147. The van der Waals surface area contributed by atoms with Gasteiger partial charge in [0.05, 0.1) is 23.0 Å². The maximum atomic E-state index is 13.0. The van der Waals surface area contributed by atoms with Crippen molar-refractivity contribution in [1.29, 1.82) is 0 Å². The Morgan fingerprint density at radius 2 is 1.83 bits per heavy atom. The Balaban J connectivity index is 2.38. The topological polar surface area (TPSA) is 48.4 Å². The van der Waals surface area contributed by atoms with Gasteiger partial charge in [0.2, 0.25) is 0 Å². The fraction of sp³-hybridized carbons (Fsp3) is 0.500. The minimum atomic E-state index is -0.754. The Labute approximate surface area is 106 Å². The third kappa shape index (κ3) is 2.06. The van der Waals surface area contributed by atoms with E-state index in [4.69, 9.17) is 9.31 Å². The molecule has 96 valence electrons. The van der Waals surface area contributed by atoms with Gasteiger partial charge in [-0.1, -0.05) is 0 Å². The zero-order chi connectivity index (χ0) is 13.6. The molecule has 1 saturated heterocycles. The summed E-state index contributed by atoms with van der Waals surface area (Å²) in [6, 6.07) is 1.13. The fourth-order valence-corrected chi connectivity index (χ4v) is 1.71. The average Bonchev–Trinajstić information content (AvgIpc) is 2.47. The van der Waals surface area contributed by atoms with Crippen LogP contribution >= 0.6 is 0 Å². The fourth-order valence-electron chi connectivity index (χ4n) is 1.71. The Morgan fingerprint density at radius 3 is 2.33 bits per heavy atom. The predicted octanol–water partition coefficient (Wildman–Crippen LogP) is 1.33. The van der Waals surface area contributed by atoms with Gasteiger partial charge in [0, 0.05) is 5.56 Å². The summed E-state index contributed by atoms with van der Waals surface area (Å²) in [6.45, 7) is 7.60. The van der Waals surface area contributed by atoms with Crippen molar-refractivity contribution in [3.8, 4) is 0 Å². The molecule has 0 saturated carbocycles. The molecule has 0 bridgehead atoms. The van der Waals surface area contributed by atoms with Crippen molar-refractivity contribution >= 4 is 19.0 Å². The van der Waals surface area contributed by atoms with Gasteiger partial charge < -0.3 is 9.31 Å². The van der Waals surface area contributed by atoms with Gasteiger partial charge in [-0.3, -0.25) is 9.78 Å². The molecule has 0 radical (unpaired) electrons. The molecule has 0 spiro atoms. The quantitative estimate of drug-likeness (QED) is 0.587. The number of pyridine rings is 1. The molecule has 0 atom stereocenters. The predicted molar refractivity (Wildman–Crippen MR) is 65.3 cm³/mol. The van der Waals surface area contributed by atoms with Gasteiger partial charge in [0.15, 0.2) is 6.29 Å². The average molecular weight is 251 g/mol. The van der Waals surface area contributed by atoms with Crippen molar-refractivity contribution in [2.24, 2.45) is 0 Å². The first-order valence-electron chi connectivity index (χ1n) is 5.73. The van der Waals surface area contributed by atoms with E-state index in [2.05, 4.69) is 4.98 Å². The molecular formula is C12H15BFNO3. The first-order chi connectivity index (χ1) is 8.27. The molecule has 1 aromatic rings. The number of hydrogen-bond donors (Lipinski definition) is 0. The number of aromatic nitrogens is 1. The standard InChI is InChI=1S/C12H15BFNO3/c1-11(2)12(3,4)18-13(17-11)10-8(7-16)5-9(14)6-15-10/h5-7H,1-4H3. The van der Waals surface area contributed by atoms with E-state index in [1.807, 2.05) is 27.7 Å². The van der Waals surface area contributed by atoms with Gasteiger partial charge in [0.1, 0.15) is 5.82 Å². The highest BCUT2D eigenvalue weighted by molar-refractivity contribution is 6.62. The number of rotatable bonds is 2. The molecule has 6 heteroatoms. The first kappa shape index (κ1) is 13.2. The molecule has 0 unspecified atom stereocenters. The van der Waals surface area contributed by atoms with Crippen LogP contribution < -0.4 is 5.59 Å². The molecule has 0 N–H and O–H groups in total. The highest BCUT2D eigenvalue weighted by Crippen LogP contribution is 2.36. The van der Waals surface area contributed by atoms with E-state index in [9.17, 15) is 9.18 Å². The normalized spacial score (nSPS) is 21.1. The largest absolute Gasteiger partial charge is 0.515 e. The van der Waals surface area contributed by atoms with E-state index in [0.29, 0.717) is 11.9 Å². The molecule has 1 aliphatic heterocycles. The Morgan fingerprint density at radius 1 is 1.28 bits per heavy atom. The second-order valence-corrected chi connectivity index (χ2v) is 5.33. The van der Waals surface area contributed by atoms with Crippen LogP contribution in [0.3, 0.4) is 0 Å². The summed E-state index contributed by atoms with van der Waals surface area (Å²) in [5.41, 5.74) is -0.583. The number of hydrogen-bond acceptors (Lipinski definition) is 4. The van der Waals surface area contributed by atoms with Crippen molar-refractivity contribution in [2.45, 2.75) is 38.9 Å². The van der Waals surface area contributed by atoms with Gasteiger partial charge in [-0.2, -0.15) is 0 Å². The summed E-state index contributed by atoms with van der Waals surface area (Å²) in [5, 5.41) is 0. The molecule has 1 aromatic heterocycles. The number of carbonyl (C=O) groups is 1. The van der Waals surface area contributed by atoms with E-state index < -0.39 is 24.1 Å². The lowest BCUT2D eigenvalue weighted by Gasteiger charge is -2.32.